The maximum absolute atomic E-state index is 5.44. The summed E-state index contributed by atoms with van der Waals surface area (Å²) in [4.78, 5) is 0. The van der Waals surface area contributed by atoms with E-state index in [1.165, 1.54) is 20.7 Å². The van der Waals surface area contributed by atoms with E-state index < -0.39 is 38.1 Å². The van der Waals surface area contributed by atoms with Gasteiger partial charge in [0, 0.05) is 38.1 Å². The molecule has 0 N–H and O–H groups in total. The van der Waals surface area contributed by atoms with Crippen molar-refractivity contribution < 1.29 is 21.7 Å². The van der Waals surface area contributed by atoms with Gasteiger partial charge in [-0.15, -0.1) is 20.6 Å². The predicted octanol–water partition coefficient (Wildman–Crippen LogP) is 14.0. The van der Waals surface area contributed by atoms with Crippen LogP contribution in [0.3, 0.4) is 0 Å². The molecule has 8 aliphatic rings. The Labute approximate surface area is 541 Å². The molecule has 0 radical (unpaired) electrons. The molecule has 0 amide bonds. The average Bonchev–Trinajstić information content (AvgIpc) is 1.53. The number of hydrogen-bond donors (Lipinski definition) is 0. The molecule has 12 rings (SSSR count). The quantitative estimate of drug-likeness (QED) is 0.100. The van der Waals surface area contributed by atoms with E-state index in [1.807, 2.05) is 0 Å². The van der Waals surface area contributed by atoms with Gasteiger partial charge >= 0.3 is 21.7 Å². The summed E-state index contributed by atoms with van der Waals surface area (Å²) in [6.07, 6.45) is 34.9. The molecule has 0 spiro atoms. The van der Waals surface area contributed by atoms with Crippen molar-refractivity contribution in [3.8, 4) is 0 Å². The Bertz CT molecular complexity index is 2720. The van der Waals surface area contributed by atoms with Crippen molar-refractivity contribution in [3.63, 3.8) is 0 Å². The molecule has 4 aromatic carbocycles. The summed E-state index contributed by atoms with van der Waals surface area (Å²) >= 11 is 0. The van der Waals surface area contributed by atoms with Crippen LogP contribution in [0.4, 0.5) is 0 Å². The molecule has 0 unspecified atom stereocenters. The third kappa shape index (κ3) is 11.3. The van der Waals surface area contributed by atoms with Crippen LogP contribution in [-0.4, -0.2) is 80.9 Å². The van der Waals surface area contributed by atoms with E-state index in [9.17, 15) is 0 Å². The van der Waals surface area contributed by atoms with E-state index in [2.05, 4.69) is 357 Å². The minimum atomic E-state index is -0.486. The van der Waals surface area contributed by atoms with Gasteiger partial charge in [0.05, 0.1) is 0 Å². The van der Waals surface area contributed by atoms with Crippen LogP contribution in [0.15, 0.2) is 219 Å². The average molecular weight is 1230 g/mol. The van der Waals surface area contributed by atoms with Crippen LogP contribution in [0.2, 0.25) is 0 Å². The standard InChI is InChI=1S/4C19H26NSi.Ti/c4*1-16(2)17(3,4)19(16,20-18(5)13-9-10-14-18)21-15-11-7-6-8-12-15;/h4*6-14H,21H2,1-5H3;/q4*-1;+4. The molecule has 0 atom stereocenters. The molecule has 4 fully saturated rings. The molecule has 0 saturated heterocycles. The van der Waals surface area contributed by atoms with Crippen LogP contribution < -0.4 is 20.7 Å². The van der Waals surface area contributed by atoms with E-state index >= 15 is 0 Å². The summed E-state index contributed by atoms with van der Waals surface area (Å²) in [6.45, 7) is 47.4. The number of hydrogen-bond acceptors (Lipinski definition) is 0. The van der Waals surface area contributed by atoms with E-state index in [0.29, 0.717) is 0 Å². The zero-order valence-electron chi connectivity index (χ0n) is 55.9. The van der Waals surface area contributed by atoms with Gasteiger partial charge < -0.3 is 21.3 Å². The first-order valence-electron chi connectivity index (χ1n) is 31.6. The van der Waals surface area contributed by atoms with Crippen LogP contribution in [-0.2, 0) is 21.7 Å². The molecule has 448 valence electrons. The third-order valence-electron chi connectivity index (χ3n) is 25.1. The van der Waals surface area contributed by atoms with Gasteiger partial charge in [-0.05, 0) is 43.3 Å². The topological polar surface area (TPSA) is 56.4 Å². The normalized spacial score (nSPS) is 26.2. The van der Waals surface area contributed by atoms with Gasteiger partial charge in [-0.3, -0.25) is 0 Å². The molecular formula is C76H104N4Si4Ti. The monoisotopic (exact) mass is 1230 g/mol. The van der Waals surface area contributed by atoms with Crippen molar-refractivity contribution in [1.29, 1.82) is 0 Å². The summed E-state index contributed by atoms with van der Waals surface area (Å²) in [7, 11) is -1.94. The SMILES string of the molecule is CC1([N-]C2([SiH2]c3ccccc3)C(C)(C)C2(C)C)C=CC=C1.CC1([N-]C2([SiH2]c3ccccc3)C(C)(C)C2(C)C)C=CC=C1.CC1([N-]C2([SiH2]c3ccccc3)C(C)(C)C2(C)C)C=CC=C1.CC1([N-]C2([SiH2]c3ccccc3)C(C)(C)C2(C)C)C=CC=C1.[Ti+4]. The largest absolute Gasteiger partial charge is 4.00 e. The Morgan fingerprint density at radius 3 is 0.459 bits per heavy atom. The van der Waals surface area contributed by atoms with Crippen molar-refractivity contribution >= 4 is 58.8 Å². The first-order valence-corrected chi connectivity index (χ1v) is 37.2. The molecule has 4 saturated carbocycles. The molecule has 0 aromatic heterocycles. The zero-order chi connectivity index (χ0) is 61.4. The van der Waals surface area contributed by atoms with Crippen molar-refractivity contribution in [2.45, 2.75) is 181 Å². The predicted molar refractivity (Wildman–Crippen MR) is 380 cm³/mol. The molecule has 8 aliphatic carbocycles. The Morgan fingerprint density at radius 2 is 0.341 bits per heavy atom. The molecule has 9 heteroatoms. The van der Waals surface area contributed by atoms with Gasteiger partial charge in [-0.2, -0.15) is 0 Å². The van der Waals surface area contributed by atoms with Crippen LogP contribution in [0.5, 0.6) is 0 Å². The number of rotatable bonds is 16. The summed E-state index contributed by atoms with van der Waals surface area (Å²) in [5.74, 6) is 0. The van der Waals surface area contributed by atoms with Gasteiger partial charge in [0.2, 0.25) is 0 Å². The van der Waals surface area contributed by atoms with E-state index in [0.717, 1.165) is 0 Å². The Balaban J connectivity index is 0.000000147. The Hall–Kier alpha value is -3.78. The molecule has 4 nitrogen and oxygen atoms in total. The maximum Gasteiger partial charge on any atom is 4.00 e. The summed E-state index contributed by atoms with van der Waals surface area (Å²) in [5.41, 5.74) is 1.71. The first kappa shape index (κ1) is 67.2. The minimum absolute atomic E-state index is 0. The molecule has 0 heterocycles. The van der Waals surface area contributed by atoms with Crippen molar-refractivity contribution in [1.82, 2.24) is 0 Å². The number of allylic oxidation sites excluding steroid dienone is 8. The van der Waals surface area contributed by atoms with Gasteiger partial charge in [0.1, 0.15) is 0 Å². The third-order valence-corrected chi connectivity index (χ3v) is 38.4. The fraction of sp³-hybridized carbons (Fsp3) is 0.474. The second kappa shape index (κ2) is 22.9. The maximum atomic E-state index is 5.44. The first-order chi connectivity index (χ1) is 39.0. The number of nitrogens with zero attached hydrogens (tertiary/aromatic N) is 4. The van der Waals surface area contributed by atoms with Gasteiger partial charge in [-0.1, -0.05) is 400 Å². The molecule has 85 heavy (non-hydrogen) atoms. The Morgan fingerprint density at radius 1 is 0.212 bits per heavy atom. The van der Waals surface area contributed by atoms with Gasteiger partial charge in [0.25, 0.3) is 0 Å². The van der Waals surface area contributed by atoms with Crippen LogP contribution >= 0.6 is 0 Å². The molecule has 0 bridgehead atoms. The van der Waals surface area contributed by atoms with E-state index in [-0.39, 0.29) is 108 Å². The molecule has 4 aromatic rings. The molecular weight excluding hydrogens is 1130 g/mol. The zero-order valence-corrected chi connectivity index (χ0v) is 63.1. The fourth-order valence-electron chi connectivity index (χ4n) is 16.4. The second-order valence-electron chi connectivity index (χ2n) is 31.3. The van der Waals surface area contributed by atoms with Gasteiger partial charge in [-0.25, -0.2) is 0 Å². The fourth-order valence-corrected chi connectivity index (χ4v) is 29.2. The van der Waals surface area contributed by atoms with Crippen molar-refractivity contribution in [3.05, 3.63) is 240 Å². The Kier molecular flexibility index (Phi) is 18.1. The smallest absolute Gasteiger partial charge is 0.646 e. The minimum Gasteiger partial charge on any atom is -0.646 e. The van der Waals surface area contributed by atoms with Crippen molar-refractivity contribution in [2.75, 3.05) is 0 Å². The summed E-state index contributed by atoms with van der Waals surface area (Å²) < 4.78 is 0. The summed E-state index contributed by atoms with van der Waals surface area (Å²) in [5, 5.41) is 28.4. The van der Waals surface area contributed by atoms with Crippen LogP contribution in [0, 0.1) is 43.3 Å². The van der Waals surface area contributed by atoms with Crippen molar-refractivity contribution in [2.24, 2.45) is 43.3 Å². The van der Waals surface area contributed by atoms with Gasteiger partial charge in [0.15, 0.2) is 0 Å². The number of benzene rings is 4. The van der Waals surface area contributed by atoms with E-state index in [1.54, 1.807) is 0 Å². The second-order valence-corrected chi connectivity index (χ2v) is 40.1. The van der Waals surface area contributed by atoms with Crippen LogP contribution in [0.25, 0.3) is 21.3 Å². The molecule has 0 aliphatic heterocycles. The van der Waals surface area contributed by atoms with Crippen LogP contribution in [0.1, 0.15) is 138 Å². The van der Waals surface area contributed by atoms with E-state index in [4.69, 9.17) is 21.3 Å². The summed E-state index contributed by atoms with van der Waals surface area (Å²) in [6, 6.07) is 44.0.